The van der Waals surface area contributed by atoms with Gasteiger partial charge in [-0.05, 0) is 31.4 Å². The summed E-state index contributed by atoms with van der Waals surface area (Å²) >= 11 is 0. The molecule has 5 heteroatoms. The van der Waals surface area contributed by atoms with Crippen LogP contribution in [0.1, 0.15) is 39.0 Å². The van der Waals surface area contributed by atoms with Crippen LogP contribution in [-0.2, 0) is 9.59 Å². The van der Waals surface area contributed by atoms with E-state index in [2.05, 4.69) is 5.32 Å². The van der Waals surface area contributed by atoms with Gasteiger partial charge >= 0.3 is 5.97 Å². The number of nitrogens with one attached hydrogen (secondary N) is 1. The summed E-state index contributed by atoms with van der Waals surface area (Å²) in [5.74, 6) is -0.650. The number of amides is 1. The van der Waals surface area contributed by atoms with Gasteiger partial charge in [-0.3, -0.25) is 4.79 Å². The Balaban J connectivity index is 2.11. The summed E-state index contributed by atoms with van der Waals surface area (Å²) in [6.45, 7) is 1.61. The number of aliphatic carboxylic acids is 1. The Morgan fingerprint density at radius 1 is 1.29 bits per heavy atom. The molecule has 0 aliphatic heterocycles. The summed E-state index contributed by atoms with van der Waals surface area (Å²) < 4.78 is 5.21. The van der Waals surface area contributed by atoms with Gasteiger partial charge in [0.25, 0.3) is 0 Å². The first-order valence-electron chi connectivity index (χ1n) is 7.32. The molecule has 114 valence electrons. The molecule has 0 bridgehead atoms. The van der Waals surface area contributed by atoms with Crippen molar-refractivity contribution in [1.82, 2.24) is 0 Å². The average Bonchev–Trinajstić information content (AvgIpc) is 2.96. The molecule has 0 saturated heterocycles. The molecule has 0 aromatic heterocycles. The Kier molecular flexibility index (Phi) is 4.83. The van der Waals surface area contributed by atoms with Gasteiger partial charge in [0, 0.05) is 5.41 Å². The third kappa shape index (κ3) is 3.54. The quantitative estimate of drug-likeness (QED) is 0.844. The maximum atomic E-state index is 12.6. The first-order valence-corrected chi connectivity index (χ1v) is 7.32. The van der Waals surface area contributed by atoms with Gasteiger partial charge in [0.1, 0.15) is 5.75 Å². The molecule has 0 unspecified atom stereocenters. The molecule has 0 spiro atoms. The van der Waals surface area contributed by atoms with Crippen molar-refractivity contribution in [3.8, 4) is 5.75 Å². The molecule has 2 N–H and O–H groups in total. The molecule has 5 nitrogen and oxygen atoms in total. The second-order valence-electron chi connectivity index (χ2n) is 5.47. The first-order chi connectivity index (χ1) is 10.1. The number of ether oxygens (including phenoxy) is 1. The first kappa shape index (κ1) is 15.4. The van der Waals surface area contributed by atoms with Crippen LogP contribution in [0, 0.1) is 5.41 Å². The molecule has 0 radical (unpaired) electrons. The summed E-state index contributed by atoms with van der Waals surface area (Å²) in [6, 6.07) is 6.92. The third-order valence-electron chi connectivity index (χ3n) is 4.21. The lowest BCUT2D eigenvalue weighted by Crippen LogP contribution is -2.33. The second-order valence-corrected chi connectivity index (χ2v) is 5.47. The molecule has 1 saturated carbocycles. The van der Waals surface area contributed by atoms with Gasteiger partial charge < -0.3 is 15.2 Å². The van der Waals surface area contributed by atoms with Crippen LogP contribution in [0.25, 0.3) is 0 Å². The van der Waals surface area contributed by atoms with E-state index in [-0.39, 0.29) is 11.3 Å². The van der Waals surface area contributed by atoms with Crippen molar-refractivity contribution in [3.63, 3.8) is 0 Å². The standard InChI is InChI=1S/C16H21NO4/c1-2-16(9-5-6-10-16)15(20)17-12-7-3-4-8-13(12)21-11-14(18)19/h3-4,7-8H,2,5-6,9-11H2,1H3,(H,17,20)(H,18,19). The van der Waals surface area contributed by atoms with Crippen LogP contribution in [0.4, 0.5) is 5.69 Å². The highest BCUT2D eigenvalue weighted by Gasteiger charge is 2.39. The van der Waals surface area contributed by atoms with E-state index in [0.29, 0.717) is 11.4 Å². The molecule has 0 atom stereocenters. The molecule has 1 fully saturated rings. The molecule has 1 aliphatic rings. The number of carboxylic acid groups (broad SMARTS) is 1. The number of benzene rings is 1. The number of hydrogen-bond acceptors (Lipinski definition) is 3. The number of rotatable bonds is 6. The lowest BCUT2D eigenvalue weighted by Gasteiger charge is -2.26. The van der Waals surface area contributed by atoms with Gasteiger partial charge in [-0.25, -0.2) is 4.79 Å². The van der Waals surface area contributed by atoms with Crippen LogP contribution in [0.3, 0.4) is 0 Å². The van der Waals surface area contributed by atoms with Crippen molar-refractivity contribution in [2.75, 3.05) is 11.9 Å². The van der Waals surface area contributed by atoms with Gasteiger partial charge in [0.2, 0.25) is 5.91 Å². The topological polar surface area (TPSA) is 75.6 Å². The van der Waals surface area contributed by atoms with E-state index in [1.54, 1.807) is 24.3 Å². The minimum atomic E-state index is -1.04. The van der Waals surface area contributed by atoms with Gasteiger partial charge in [-0.1, -0.05) is 31.9 Å². The molecule has 1 aliphatic carbocycles. The van der Waals surface area contributed by atoms with Crippen molar-refractivity contribution < 1.29 is 19.4 Å². The van der Waals surface area contributed by atoms with Crippen LogP contribution < -0.4 is 10.1 Å². The second kappa shape index (κ2) is 6.61. The van der Waals surface area contributed by atoms with E-state index in [9.17, 15) is 9.59 Å². The van der Waals surface area contributed by atoms with Crippen molar-refractivity contribution >= 4 is 17.6 Å². The maximum Gasteiger partial charge on any atom is 0.341 e. The summed E-state index contributed by atoms with van der Waals surface area (Å²) in [4.78, 5) is 23.2. The molecule has 1 aromatic carbocycles. The lowest BCUT2D eigenvalue weighted by molar-refractivity contribution is -0.139. The summed E-state index contributed by atoms with van der Waals surface area (Å²) in [5.41, 5.74) is 0.239. The van der Waals surface area contributed by atoms with E-state index >= 15 is 0 Å². The Hall–Kier alpha value is -2.04. The fourth-order valence-corrected chi connectivity index (χ4v) is 2.88. The van der Waals surface area contributed by atoms with Crippen molar-refractivity contribution in [3.05, 3.63) is 24.3 Å². The van der Waals surface area contributed by atoms with Gasteiger partial charge in [-0.2, -0.15) is 0 Å². The van der Waals surface area contributed by atoms with Gasteiger partial charge in [-0.15, -0.1) is 0 Å². The summed E-state index contributed by atoms with van der Waals surface area (Å²) in [7, 11) is 0. The fourth-order valence-electron chi connectivity index (χ4n) is 2.88. The Morgan fingerprint density at radius 2 is 1.95 bits per heavy atom. The molecular weight excluding hydrogens is 270 g/mol. The summed E-state index contributed by atoms with van der Waals surface area (Å²) in [5, 5.41) is 11.6. The highest BCUT2D eigenvalue weighted by Crippen LogP contribution is 2.42. The molecule has 21 heavy (non-hydrogen) atoms. The normalized spacial score (nSPS) is 16.4. The Labute approximate surface area is 124 Å². The number of carboxylic acids is 1. The van der Waals surface area contributed by atoms with Crippen molar-refractivity contribution in [1.29, 1.82) is 0 Å². The van der Waals surface area contributed by atoms with E-state index in [0.717, 1.165) is 32.1 Å². The smallest absolute Gasteiger partial charge is 0.341 e. The number of carbonyl (C=O) groups is 2. The predicted octanol–water partition coefficient (Wildman–Crippen LogP) is 3.06. The maximum absolute atomic E-state index is 12.6. The average molecular weight is 291 g/mol. The van der Waals surface area contributed by atoms with Crippen LogP contribution >= 0.6 is 0 Å². The van der Waals surface area contributed by atoms with Crippen LogP contribution in [0.2, 0.25) is 0 Å². The number of para-hydroxylation sites is 2. The molecule has 2 rings (SSSR count). The zero-order chi connectivity index (χ0) is 15.3. The van der Waals surface area contributed by atoms with Crippen LogP contribution in [0.15, 0.2) is 24.3 Å². The SMILES string of the molecule is CCC1(C(=O)Nc2ccccc2OCC(=O)O)CCCC1. The lowest BCUT2D eigenvalue weighted by atomic mass is 9.82. The minimum absolute atomic E-state index is 0.00822. The molecule has 1 aromatic rings. The van der Waals surface area contributed by atoms with Crippen molar-refractivity contribution in [2.24, 2.45) is 5.41 Å². The molecular formula is C16H21NO4. The van der Waals surface area contributed by atoms with Crippen LogP contribution in [-0.4, -0.2) is 23.6 Å². The van der Waals surface area contributed by atoms with Crippen LogP contribution in [0.5, 0.6) is 5.75 Å². The Morgan fingerprint density at radius 3 is 2.57 bits per heavy atom. The predicted molar refractivity (Wildman–Crippen MR) is 79.4 cm³/mol. The highest BCUT2D eigenvalue weighted by atomic mass is 16.5. The van der Waals surface area contributed by atoms with E-state index in [4.69, 9.17) is 9.84 Å². The molecule has 0 heterocycles. The van der Waals surface area contributed by atoms with E-state index < -0.39 is 12.6 Å². The number of hydrogen-bond donors (Lipinski definition) is 2. The fraction of sp³-hybridized carbons (Fsp3) is 0.500. The largest absolute Gasteiger partial charge is 0.480 e. The molecule has 1 amide bonds. The van der Waals surface area contributed by atoms with E-state index in [1.807, 2.05) is 6.92 Å². The monoisotopic (exact) mass is 291 g/mol. The van der Waals surface area contributed by atoms with Gasteiger partial charge in [0.05, 0.1) is 5.69 Å². The third-order valence-corrected chi connectivity index (χ3v) is 4.21. The van der Waals surface area contributed by atoms with Crippen molar-refractivity contribution in [2.45, 2.75) is 39.0 Å². The Bertz CT molecular complexity index is 521. The summed E-state index contributed by atoms with van der Waals surface area (Å²) in [6.07, 6.45) is 4.80. The zero-order valence-corrected chi connectivity index (χ0v) is 12.2. The van der Waals surface area contributed by atoms with E-state index in [1.165, 1.54) is 0 Å². The minimum Gasteiger partial charge on any atom is -0.480 e. The zero-order valence-electron chi connectivity index (χ0n) is 12.2. The number of carbonyl (C=O) groups excluding carboxylic acids is 1. The highest BCUT2D eigenvalue weighted by molar-refractivity contribution is 5.96. The van der Waals surface area contributed by atoms with Gasteiger partial charge in [0.15, 0.2) is 6.61 Å². The number of anilines is 1.